The molecule has 0 aliphatic heterocycles. The third-order valence-corrected chi connectivity index (χ3v) is 3.28. The summed E-state index contributed by atoms with van der Waals surface area (Å²) in [5, 5.41) is 5.69. The van der Waals surface area contributed by atoms with Crippen LogP contribution in [0.3, 0.4) is 0 Å². The van der Waals surface area contributed by atoms with Crippen molar-refractivity contribution in [3.63, 3.8) is 0 Å². The molecule has 0 aliphatic carbocycles. The lowest BCUT2D eigenvalue weighted by atomic mass is 10.1. The second-order valence-corrected chi connectivity index (χ2v) is 4.93. The molecule has 5 heteroatoms. The highest BCUT2D eigenvalue weighted by atomic mass is 35.5. The van der Waals surface area contributed by atoms with Gasteiger partial charge in [0, 0.05) is 5.56 Å². The summed E-state index contributed by atoms with van der Waals surface area (Å²) in [6, 6.07) is 14.1. The van der Waals surface area contributed by atoms with E-state index >= 15 is 0 Å². The summed E-state index contributed by atoms with van der Waals surface area (Å²) in [5.74, 6) is -0.604. The molecule has 0 fully saturated rings. The molecule has 2 aromatic carbocycles. The molecule has 0 aromatic heterocycles. The maximum atomic E-state index is 12.0. The smallest absolute Gasteiger partial charge is 0.251 e. The Labute approximate surface area is 128 Å². The summed E-state index contributed by atoms with van der Waals surface area (Å²) in [5.41, 5.74) is 1.94. The van der Waals surface area contributed by atoms with E-state index in [1.165, 1.54) is 0 Å². The molecule has 2 aromatic rings. The zero-order chi connectivity index (χ0) is 15.2. The third-order valence-electron chi connectivity index (χ3n) is 2.95. The Balaban J connectivity index is 1.91. The largest absolute Gasteiger partial charge is 0.343 e. The molecule has 21 heavy (non-hydrogen) atoms. The second-order valence-electron chi connectivity index (χ2n) is 4.53. The summed E-state index contributed by atoms with van der Waals surface area (Å²) in [7, 11) is 0. The second kappa shape index (κ2) is 6.90. The number of benzene rings is 2. The van der Waals surface area contributed by atoms with E-state index in [1.807, 2.05) is 19.1 Å². The van der Waals surface area contributed by atoms with Gasteiger partial charge in [0.15, 0.2) is 0 Å². The summed E-state index contributed by atoms with van der Waals surface area (Å²) in [6.07, 6.45) is 0. The molecular formula is C16H15ClN2O2. The molecule has 2 N–H and O–H groups in total. The molecule has 0 saturated carbocycles. The normalized spacial score (nSPS) is 10.0. The van der Waals surface area contributed by atoms with Crippen LogP contribution in [-0.4, -0.2) is 18.4 Å². The van der Waals surface area contributed by atoms with Crippen LogP contribution in [0.4, 0.5) is 5.69 Å². The number of halogens is 1. The first-order valence-corrected chi connectivity index (χ1v) is 6.84. The number of hydrogen-bond donors (Lipinski definition) is 2. The molecule has 0 spiro atoms. The van der Waals surface area contributed by atoms with E-state index in [9.17, 15) is 9.59 Å². The molecule has 2 rings (SSSR count). The van der Waals surface area contributed by atoms with Crippen LogP contribution in [0.15, 0.2) is 48.5 Å². The van der Waals surface area contributed by atoms with E-state index in [0.29, 0.717) is 16.3 Å². The molecule has 4 nitrogen and oxygen atoms in total. The Morgan fingerprint density at radius 3 is 2.43 bits per heavy atom. The Hall–Kier alpha value is -2.33. The maximum absolute atomic E-state index is 12.0. The van der Waals surface area contributed by atoms with E-state index in [0.717, 1.165) is 5.56 Å². The predicted octanol–water partition coefficient (Wildman–Crippen LogP) is 3.02. The molecule has 0 heterocycles. The molecule has 0 bridgehead atoms. The van der Waals surface area contributed by atoms with Crippen LogP contribution < -0.4 is 10.6 Å². The van der Waals surface area contributed by atoms with Gasteiger partial charge >= 0.3 is 0 Å². The van der Waals surface area contributed by atoms with E-state index < -0.39 is 0 Å². The Morgan fingerprint density at radius 1 is 1.05 bits per heavy atom. The van der Waals surface area contributed by atoms with Crippen molar-refractivity contribution in [3.8, 4) is 0 Å². The fourth-order valence-corrected chi connectivity index (χ4v) is 2.02. The molecule has 108 valence electrons. The van der Waals surface area contributed by atoms with Crippen LogP contribution in [-0.2, 0) is 4.79 Å². The van der Waals surface area contributed by atoms with Gasteiger partial charge in [-0.3, -0.25) is 9.59 Å². The van der Waals surface area contributed by atoms with Crippen LogP contribution in [0.25, 0.3) is 0 Å². The zero-order valence-electron chi connectivity index (χ0n) is 11.5. The minimum atomic E-state index is -0.329. The van der Waals surface area contributed by atoms with Crippen molar-refractivity contribution in [3.05, 3.63) is 64.7 Å². The van der Waals surface area contributed by atoms with Crippen LogP contribution >= 0.6 is 11.6 Å². The SMILES string of the molecule is Cc1ccccc1C(=O)NCC(=O)Nc1ccccc1Cl. The van der Waals surface area contributed by atoms with Gasteiger partial charge in [-0.1, -0.05) is 41.9 Å². The molecule has 0 unspecified atom stereocenters. The highest BCUT2D eigenvalue weighted by Crippen LogP contribution is 2.20. The number of amides is 2. The van der Waals surface area contributed by atoms with Gasteiger partial charge in [0.05, 0.1) is 17.3 Å². The van der Waals surface area contributed by atoms with Gasteiger partial charge in [-0.25, -0.2) is 0 Å². The van der Waals surface area contributed by atoms with Crippen molar-refractivity contribution in [1.29, 1.82) is 0 Å². The number of para-hydroxylation sites is 1. The van der Waals surface area contributed by atoms with Gasteiger partial charge in [-0.05, 0) is 30.7 Å². The van der Waals surface area contributed by atoms with E-state index in [1.54, 1.807) is 36.4 Å². The summed E-state index contributed by atoms with van der Waals surface area (Å²) < 4.78 is 0. The van der Waals surface area contributed by atoms with Crippen molar-refractivity contribution in [1.82, 2.24) is 5.32 Å². The molecular weight excluding hydrogens is 288 g/mol. The molecule has 0 saturated heterocycles. The van der Waals surface area contributed by atoms with Gasteiger partial charge in [0.25, 0.3) is 5.91 Å². The third kappa shape index (κ3) is 4.07. The lowest BCUT2D eigenvalue weighted by Gasteiger charge is -2.09. The van der Waals surface area contributed by atoms with E-state index in [-0.39, 0.29) is 18.4 Å². The van der Waals surface area contributed by atoms with Crippen molar-refractivity contribution in [2.75, 3.05) is 11.9 Å². The summed E-state index contributed by atoms with van der Waals surface area (Å²) in [6.45, 7) is 1.73. The maximum Gasteiger partial charge on any atom is 0.251 e. The molecule has 0 atom stereocenters. The lowest BCUT2D eigenvalue weighted by molar-refractivity contribution is -0.115. The fraction of sp³-hybridized carbons (Fsp3) is 0.125. The van der Waals surface area contributed by atoms with Crippen LogP contribution in [0.5, 0.6) is 0 Å². The Bertz CT molecular complexity index is 671. The minimum absolute atomic E-state index is 0.113. The molecule has 0 aliphatic rings. The monoisotopic (exact) mass is 302 g/mol. The first kappa shape index (κ1) is 15.1. The number of hydrogen-bond acceptors (Lipinski definition) is 2. The topological polar surface area (TPSA) is 58.2 Å². The van der Waals surface area contributed by atoms with E-state index in [2.05, 4.69) is 10.6 Å². The van der Waals surface area contributed by atoms with Gasteiger partial charge in [0.1, 0.15) is 0 Å². The number of carbonyl (C=O) groups excluding carboxylic acids is 2. The van der Waals surface area contributed by atoms with Crippen LogP contribution in [0.2, 0.25) is 5.02 Å². The quantitative estimate of drug-likeness (QED) is 0.912. The molecule has 2 amide bonds. The minimum Gasteiger partial charge on any atom is -0.343 e. The predicted molar refractivity (Wildman–Crippen MR) is 83.6 cm³/mol. The molecule has 0 radical (unpaired) electrons. The number of nitrogens with one attached hydrogen (secondary N) is 2. The standard InChI is InChI=1S/C16H15ClN2O2/c1-11-6-2-3-7-12(11)16(21)18-10-15(20)19-14-9-5-4-8-13(14)17/h2-9H,10H2,1H3,(H,18,21)(H,19,20). The average Bonchev–Trinajstić information content (AvgIpc) is 2.48. The van der Waals surface area contributed by atoms with Crippen LogP contribution in [0, 0.1) is 6.92 Å². The van der Waals surface area contributed by atoms with Crippen molar-refractivity contribution in [2.45, 2.75) is 6.92 Å². The number of rotatable bonds is 4. The van der Waals surface area contributed by atoms with Crippen molar-refractivity contribution >= 4 is 29.1 Å². The lowest BCUT2D eigenvalue weighted by Crippen LogP contribution is -2.33. The van der Waals surface area contributed by atoms with Gasteiger partial charge in [0.2, 0.25) is 5.91 Å². The highest BCUT2D eigenvalue weighted by Gasteiger charge is 2.10. The van der Waals surface area contributed by atoms with Crippen molar-refractivity contribution in [2.24, 2.45) is 0 Å². The Morgan fingerprint density at radius 2 is 1.71 bits per heavy atom. The average molecular weight is 303 g/mol. The first-order valence-electron chi connectivity index (χ1n) is 6.46. The number of aryl methyl sites for hydroxylation is 1. The van der Waals surface area contributed by atoms with Gasteiger partial charge in [-0.2, -0.15) is 0 Å². The Kier molecular flexibility index (Phi) is 4.95. The first-order chi connectivity index (χ1) is 10.1. The van der Waals surface area contributed by atoms with Crippen molar-refractivity contribution < 1.29 is 9.59 Å². The van der Waals surface area contributed by atoms with Gasteiger partial charge in [-0.15, -0.1) is 0 Å². The zero-order valence-corrected chi connectivity index (χ0v) is 12.3. The number of carbonyl (C=O) groups is 2. The fourth-order valence-electron chi connectivity index (χ4n) is 1.84. The van der Waals surface area contributed by atoms with E-state index in [4.69, 9.17) is 11.6 Å². The summed E-state index contributed by atoms with van der Waals surface area (Å²) in [4.78, 5) is 23.8. The highest BCUT2D eigenvalue weighted by molar-refractivity contribution is 6.33. The number of anilines is 1. The van der Waals surface area contributed by atoms with Crippen LogP contribution in [0.1, 0.15) is 15.9 Å². The summed E-state index contributed by atoms with van der Waals surface area (Å²) >= 11 is 5.95. The van der Waals surface area contributed by atoms with Gasteiger partial charge < -0.3 is 10.6 Å².